The van der Waals surface area contributed by atoms with E-state index in [0.29, 0.717) is 5.75 Å². The summed E-state index contributed by atoms with van der Waals surface area (Å²) in [4.78, 5) is 0. The molecule has 0 fully saturated rings. The number of fused-ring (bicyclic) bond motifs is 1. The molecule has 33 heavy (non-hydrogen) atoms. The van der Waals surface area contributed by atoms with Gasteiger partial charge < -0.3 is 5.11 Å². The number of hydrogen-bond acceptors (Lipinski definition) is 1. The first-order chi connectivity index (χ1) is 15.8. The third-order valence-corrected chi connectivity index (χ3v) is 7.48. The van der Waals surface area contributed by atoms with Gasteiger partial charge in [0, 0.05) is 5.56 Å². The second-order valence-electron chi connectivity index (χ2n) is 10.7. The van der Waals surface area contributed by atoms with Gasteiger partial charge in [0.2, 0.25) is 0 Å². The van der Waals surface area contributed by atoms with Gasteiger partial charge in [-0.05, 0) is 74.7 Å². The Balaban J connectivity index is 1.74. The van der Waals surface area contributed by atoms with Crippen LogP contribution in [0, 0.1) is 0 Å². The monoisotopic (exact) mass is 432 g/mol. The number of aromatic hydroxyl groups is 1. The van der Waals surface area contributed by atoms with Crippen LogP contribution in [0.5, 0.6) is 5.75 Å². The highest BCUT2D eigenvalue weighted by molar-refractivity contribution is 5.88. The summed E-state index contributed by atoms with van der Waals surface area (Å²) in [7, 11) is 0. The normalized spacial score (nSPS) is 16.2. The molecule has 166 valence electrons. The van der Waals surface area contributed by atoms with Crippen molar-refractivity contribution in [2.24, 2.45) is 0 Å². The van der Waals surface area contributed by atoms with E-state index in [4.69, 9.17) is 0 Å². The third kappa shape index (κ3) is 3.86. The van der Waals surface area contributed by atoms with Crippen LogP contribution < -0.4 is 0 Å². The van der Waals surface area contributed by atoms with Crippen molar-refractivity contribution in [1.29, 1.82) is 0 Å². The molecule has 4 aromatic rings. The molecule has 0 atom stereocenters. The lowest BCUT2D eigenvalue weighted by atomic mass is 9.63. The first-order valence-corrected chi connectivity index (χ1v) is 11.9. The van der Waals surface area contributed by atoms with Gasteiger partial charge in [0.05, 0.1) is 0 Å². The number of phenolic OH excluding ortho intramolecular Hbond substituents is 1. The van der Waals surface area contributed by atoms with Crippen LogP contribution in [-0.2, 0) is 10.8 Å². The second kappa shape index (κ2) is 7.92. The predicted molar refractivity (Wildman–Crippen MR) is 140 cm³/mol. The van der Waals surface area contributed by atoms with E-state index in [0.717, 1.165) is 11.1 Å². The zero-order valence-corrected chi connectivity index (χ0v) is 20.0. The lowest BCUT2D eigenvalue weighted by Crippen LogP contribution is -2.33. The van der Waals surface area contributed by atoms with Crippen LogP contribution in [0.1, 0.15) is 51.7 Å². The third-order valence-electron chi connectivity index (χ3n) is 7.48. The van der Waals surface area contributed by atoms with Crippen LogP contribution >= 0.6 is 0 Å². The molecule has 0 saturated carbocycles. The summed E-state index contributed by atoms with van der Waals surface area (Å²) < 4.78 is 0. The molecule has 1 nitrogen and oxygen atoms in total. The molecule has 0 aromatic heterocycles. The summed E-state index contributed by atoms with van der Waals surface area (Å²) in [5.41, 5.74) is 10.0. The molecule has 1 aliphatic rings. The summed E-state index contributed by atoms with van der Waals surface area (Å²) in [6.45, 7) is 9.49. The van der Waals surface area contributed by atoms with Crippen molar-refractivity contribution in [2.45, 2.75) is 51.4 Å². The molecule has 0 aliphatic heterocycles. The number of benzene rings is 4. The van der Waals surface area contributed by atoms with Crippen LogP contribution in [0.4, 0.5) is 0 Å². The lowest BCUT2D eigenvalue weighted by molar-refractivity contribution is 0.332. The molecule has 0 saturated heterocycles. The van der Waals surface area contributed by atoms with E-state index in [1.165, 1.54) is 46.2 Å². The van der Waals surface area contributed by atoms with Crippen molar-refractivity contribution >= 4 is 0 Å². The highest BCUT2D eigenvalue weighted by Crippen LogP contribution is 2.47. The molecule has 0 spiro atoms. The van der Waals surface area contributed by atoms with E-state index in [1.54, 1.807) is 6.07 Å². The summed E-state index contributed by atoms with van der Waals surface area (Å²) in [6.07, 6.45) is 2.41. The maximum Gasteiger partial charge on any atom is 0.123 e. The van der Waals surface area contributed by atoms with E-state index >= 15 is 0 Å². The van der Waals surface area contributed by atoms with E-state index in [1.807, 2.05) is 18.2 Å². The van der Waals surface area contributed by atoms with Crippen molar-refractivity contribution in [3.8, 4) is 39.1 Å². The van der Waals surface area contributed by atoms with Crippen molar-refractivity contribution in [1.82, 2.24) is 0 Å². The van der Waals surface area contributed by atoms with Crippen LogP contribution in [0.15, 0.2) is 91.0 Å². The Labute approximate surface area is 197 Å². The lowest BCUT2D eigenvalue weighted by Gasteiger charge is -2.42. The minimum Gasteiger partial charge on any atom is -0.507 e. The molecule has 1 N–H and O–H groups in total. The summed E-state index contributed by atoms with van der Waals surface area (Å²) in [6, 6.07) is 31.8. The Morgan fingerprint density at radius 1 is 0.515 bits per heavy atom. The maximum atomic E-state index is 10.5. The van der Waals surface area contributed by atoms with Crippen molar-refractivity contribution in [3.63, 3.8) is 0 Å². The SMILES string of the molecule is CC1(C)CCC(C)(C)c2cc(-c3cc(-c4ccccc4O)ccc3-c3ccccc3)ccc21. The van der Waals surface area contributed by atoms with Gasteiger partial charge in [-0.1, -0.05) is 107 Å². The van der Waals surface area contributed by atoms with Gasteiger partial charge in [0.1, 0.15) is 5.75 Å². The number of para-hydroxylation sites is 1. The van der Waals surface area contributed by atoms with Gasteiger partial charge in [0.25, 0.3) is 0 Å². The van der Waals surface area contributed by atoms with E-state index in [9.17, 15) is 5.11 Å². The molecule has 4 aromatic carbocycles. The molecule has 0 radical (unpaired) electrons. The smallest absolute Gasteiger partial charge is 0.123 e. The van der Waals surface area contributed by atoms with E-state index in [2.05, 4.69) is 94.4 Å². The summed E-state index contributed by atoms with van der Waals surface area (Å²) in [5.74, 6) is 0.309. The van der Waals surface area contributed by atoms with Gasteiger partial charge in [-0.15, -0.1) is 0 Å². The number of phenols is 1. The van der Waals surface area contributed by atoms with Gasteiger partial charge in [0.15, 0.2) is 0 Å². The standard InChI is InChI=1S/C32H32O/c1-31(2)18-19-32(3,4)29-21-24(15-17-28(29)31)27-20-23(26-12-8-9-13-30(26)33)14-16-25(27)22-10-6-5-7-11-22/h5-17,20-21,33H,18-19H2,1-4H3. The minimum absolute atomic E-state index is 0.156. The Hall–Kier alpha value is -3.32. The maximum absolute atomic E-state index is 10.5. The molecular formula is C32H32O. The van der Waals surface area contributed by atoms with E-state index < -0.39 is 0 Å². The van der Waals surface area contributed by atoms with Gasteiger partial charge in [-0.3, -0.25) is 0 Å². The average molecular weight is 433 g/mol. The largest absolute Gasteiger partial charge is 0.507 e. The molecule has 1 heteroatoms. The fraction of sp³-hybridized carbons (Fsp3) is 0.250. The zero-order valence-electron chi connectivity index (χ0n) is 20.0. The van der Waals surface area contributed by atoms with Crippen LogP contribution in [0.25, 0.3) is 33.4 Å². The Bertz CT molecular complexity index is 1310. The van der Waals surface area contributed by atoms with E-state index in [-0.39, 0.29) is 10.8 Å². The van der Waals surface area contributed by atoms with Crippen molar-refractivity contribution in [3.05, 3.63) is 102 Å². The number of rotatable bonds is 3. The Kier molecular flexibility index (Phi) is 5.16. The van der Waals surface area contributed by atoms with Crippen LogP contribution in [0.3, 0.4) is 0 Å². The fourth-order valence-electron chi connectivity index (χ4n) is 5.29. The number of hydrogen-bond donors (Lipinski definition) is 1. The van der Waals surface area contributed by atoms with Crippen LogP contribution in [-0.4, -0.2) is 5.11 Å². The van der Waals surface area contributed by atoms with Crippen LogP contribution in [0.2, 0.25) is 0 Å². The topological polar surface area (TPSA) is 20.2 Å². The second-order valence-corrected chi connectivity index (χ2v) is 10.7. The molecule has 0 amide bonds. The highest BCUT2D eigenvalue weighted by atomic mass is 16.3. The van der Waals surface area contributed by atoms with Crippen molar-refractivity contribution < 1.29 is 5.11 Å². The fourth-order valence-corrected chi connectivity index (χ4v) is 5.29. The first kappa shape index (κ1) is 21.5. The highest BCUT2D eigenvalue weighted by Gasteiger charge is 2.37. The molecule has 0 unspecified atom stereocenters. The summed E-state index contributed by atoms with van der Waals surface area (Å²) >= 11 is 0. The zero-order chi connectivity index (χ0) is 23.2. The van der Waals surface area contributed by atoms with Gasteiger partial charge >= 0.3 is 0 Å². The van der Waals surface area contributed by atoms with Gasteiger partial charge in [-0.25, -0.2) is 0 Å². The molecular weight excluding hydrogens is 400 g/mol. The molecule has 0 heterocycles. The Morgan fingerprint density at radius 3 is 1.85 bits per heavy atom. The quantitative estimate of drug-likeness (QED) is 0.343. The minimum atomic E-state index is 0.156. The molecule has 1 aliphatic carbocycles. The first-order valence-electron chi connectivity index (χ1n) is 11.9. The molecule has 0 bridgehead atoms. The average Bonchev–Trinajstić information content (AvgIpc) is 2.82. The summed E-state index contributed by atoms with van der Waals surface area (Å²) in [5, 5.41) is 10.5. The Morgan fingerprint density at radius 2 is 1.12 bits per heavy atom. The molecule has 5 rings (SSSR count). The van der Waals surface area contributed by atoms with Crippen molar-refractivity contribution in [2.75, 3.05) is 0 Å². The van der Waals surface area contributed by atoms with Gasteiger partial charge in [-0.2, -0.15) is 0 Å². The predicted octanol–water partition coefficient (Wildman–Crippen LogP) is 8.74.